The third kappa shape index (κ3) is 2.99. The topological polar surface area (TPSA) is 70.7 Å². The van der Waals surface area contributed by atoms with Crippen LogP contribution in [0.3, 0.4) is 0 Å². The van der Waals surface area contributed by atoms with Gasteiger partial charge < -0.3 is 4.57 Å². The Morgan fingerprint density at radius 3 is 2.70 bits per heavy atom. The number of carbonyl (C=O) groups excluding carboxylic acids is 1. The van der Waals surface area contributed by atoms with Crippen LogP contribution < -0.4 is 5.32 Å². The Bertz CT molecular complexity index is 961. The maximum absolute atomic E-state index is 14.2. The van der Waals surface area contributed by atoms with E-state index in [0.717, 1.165) is 19.3 Å². The van der Waals surface area contributed by atoms with E-state index in [1.54, 1.807) is 6.07 Å². The number of anilines is 1. The number of amides is 1. The quantitative estimate of drug-likeness (QED) is 0.831. The number of fused-ring (bicyclic) bond motifs is 1. The first-order valence-electron chi connectivity index (χ1n) is 9.66. The maximum Gasteiger partial charge on any atom is 0.227 e. The van der Waals surface area contributed by atoms with Crippen LogP contribution in [0.4, 0.5) is 10.3 Å². The molecule has 0 spiro atoms. The molecule has 6 heteroatoms. The minimum absolute atomic E-state index is 0.00747. The molecule has 2 fully saturated rings. The number of nitrogens with zero attached hydrogens (tertiary/aromatic N) is 3. The van der Waals surface area contributed by atoms with Gasteiger partial charge in [-0.1, -0.05) is 13.8 Å². The van der Waals surface area contributed by atoms with Crippen LogP contribution in [0.1, 0.15) is 64.9 Å². The van der Waals surface area contributed by atoms with Gasteiger partial charge in [-0.25, -0.2) is 9.37 Å². The van der Waals surface area contributed by atoms with Gasteiger partial charge in [0.05, 0.1) is 11.0 Å². The highest BCUT2D eigenvalue weighted by Gasteiger charge is 2.41. The molecule has 2 saturated carbocycles. The van der Waals surface area contributed by atoms with Crippen LogP contribution in [0, 0.1) is 28.5 Å². The van der Waals surface area contributed by atoms with Crippen molar-refractivity contribution >= 4 is 22.9 Å². The van der Waals surface area contributed by atoms with E-state index in [9.17, 15) is 14.4 Å². The lowest BCUT2D eigenvalue weighted by Gasteiger charge is -2.41. The third-order valence-corrected chi connectivity index (χ3v) is 6.40. The maximum atomic E-state index is 14.2. The Kier molecular flexibility index (Phi) is 4.03. The molecule has 2 aromatic rings. The van der Waals surface area contributed by atoms with Gasteiger partial charge in [-0.05, 0) is 62.5 Å². The summed E-state index contributed by atoms with van der Waals surface area (Å²) >= 11 is 0. The molecule has 1 aromatic heterocycles. The second kappa shape index (κ2) is 6.05. The van der Waals surface area contributed by atoms with Gasteiger partial charge in [0.1, 0.15) is 17.4 Å². The van der Waals surface area contributed by atoms with E-state index < -0.39 is 5.82 Å². The number of hydrogen-bond donors (Lipinski definition) is 1. The van der Waals surface area contributed by atoms with Crippen LogP contribution in [0.25, 0.3) is 11.0 Å². The zero-order chi connectivity index (χ0) is 19.4. The van der Waals surface area contributed by atoms with Gasteiger partial charge >= 0.3 is 0 Å². The van der Waals surface area contributed by atoms with E-state index in [-0.39, 0.29) is 22.4 Å². The first-order chi connectivity index (χ1) is 12.7. The standard InChI is InChI=1S/C21H25FN4O/c1-20(2,13-5-6-13)11-17(27)25-19-24-16-8-7-15(22)14(12-23)18(16)26(19)21(3)9-4-10-21/h7-8,13H,4-6,9-11H2,1-3H3,(H,24,25,27). The number of benzene rings is 1. The Morgan fingerprint density at radius 1 is 1.44 bits per heavy atom. The molecule has 4 rings (SSSR count). The molecule has 0 aliphatic heterocycles. The highest BCUT2D eigenvalue weighted by atomic mass is 19.1. The number of carbonyl (C=O) groups is 1. The van der Waals surface area contributed by atoms with E-state index in [4.69, 9.17) is 0 Å². The van der Waals surface area contributed by atoms with Gasteiger partial charge in [0.2, 0.25) is 11.9 Å². The second-order valence-corrected chi connectivity index (χ2v) is 9.01. The number of hydrogen-bond acceptors (Lipinski definition) is 3. The Balaban J connectivity index is 1.75. The first kappa shape index (κ1) is 18.0. The van der Waals surface area contributed by atoms with Crippen molar-refractivity contribution < 1.29 is 9.18 Å². The zero-order valence-corrected chi connectivity index (χ0v) is 16.1. The van der Waals surface area contributed by atoms with Crippen molar-refractivity contribution in [2.45, 2.75) is 64.8 Å². The molecule has 0 bridgehead atoms. The lowest BCUT2D eigenvalue weighted by molar-refractivity contribution is -0.118. The first-order valence-corrected chi connectivity index (χ1v) is 9.66. The SMILES string of the molecule is CC(C)(CC(=O)Nc1nc2ccc(F)c(C#N)c2n1C1(C)CCC1)C1CC1. The Hall–Kier alpha value is -2.42. The lowest BCUT2D eigenvalue weighted by atomic mass is 9.78. The molecular weight excluding hydrogens is 343 g/mol. The van der Waals surface area contributed by atoms with Gasteiger partial charge in [0, 0.05) is 12.0 Å². The molecule has 0 atom stereocenters. The summed E-state index contributed by atoms with van der Waals surface area (Å²) in [4.78, 5) is 17.3. The van der Waals surface area contributed by atoms with Crippen molar-refractivity contribution in [2.24, 2.45) is 11.3 Å². The monoisotopic (exact) mass is 368 g/mol. The molecule has 0 unspecified atom stereocenters. The molecule has 2 aliphatic carbocycles. The van der Waals surface area contributed by atoms with Gasteiger partial charge in [0.25, 0.3) is 0 Å². The summed E-state index contributed by atoms with van der Waals surface area (Å²) in [6.07, 6.45) is 5.68. The van der Waals surface area contributed by atoms with Crippen LogP contribution in [0.5, 0.6) is 0 Å². The average molecular weight is 368 g/mol. The fourth-order valence-electron chi connectivity index (χ4n) is 4.36. The van der Waals surface area contributed by atoms with E-state index in [0.29, 0.717) is 29.3 Å². The Labute approximate surface area is 158 Å². The predicted octanol–water partition coefficient (Wildman–Crippen LogP) is 4.71. The number of nitriles is 1. The average Bonchev–Trinajstić information content (AvgIpc) is 3.36. The fourth-order valence-corrected chi connectivity index (χ4v) is 4.36. The van der Waals surface area contributed by atoms with Crippen molar-refractivity contribution in [3.8, 4) is 6.07 Å². The molecule has 27 heavy (non-hydrogen) atoms. The lowest BCUT2D eigenvalue weighted by Crippen LogP contribution is -2.38. The van der Waals surface area contributed by atoms with E-state index in [1.807, 2.05) is 10.6 Å². The summed E-state index contributed by atoms with van der Waals surface area (Å²) < 4.78 is 16.1. The third-order valence-electron chi connectivity index (χ3n) is 6.40. The zero-order valence-electron chi connectivity index (χ0n) is 16.1. The van der Waals surface area contributed by atoms with Crippen molar-refractivity contribution in [1.29, 1.82) is 5.26 Å². The van der Waals surface area contributed by atoms with Crippen molar-refractivity contribution in [2.75, 3.05) is 5.32 Å². The summed E-state index contributed by atoms with van der Waals surface area (Å²) in [5, 5.41) is 12.5. The number of halogens is 1. The summed E-state index contributed by atoms with van der Waals surface area (Å²) in [5.41, 5.74) is 0.717. The molecule has 0 saturated heterocycles. The van der Waals surface area contributed by atoms with Crippen molar-refractivity contribution in [3.05, 3.63) is 23.5 Å². The number of rotatable bonds is 5. The highest BCUT2D eigenvalue weighted by molar-refractivity contribution is 5.93. The summed E-state index contributed by atoms with van der Waals surface area (Å²) in [5.74, 6) is 0.392. The van der Waals surface area contributed by atoms with Crippen LogP contribution in [-0.2, 0) is 10.3 Å². The molecule has 5 nitrogen and oxygen atoms in total. The number of imidazole rings is 1. The highest BCUT2D eigenvalue weighted by Crippen LogP contribution is 2.47. The molecule has 2 aliphatic rings. The van der Waals surface area contributed by atoms with Gasteiger partial charge in [-0.2, -0.15) is 5.26 Å². The Morgan fingerprint density at radius 2 is 2.15 bits per heavy atom. The van der Waals surface area contributed by atoms with E-state index in [2.05, 4.69) is 31.1 Å². The molecule has 1 heterocycles. The van der Waals surface area contributed by atoms with Crippen LogP contribution in [0.2, 0.25) is 0 Å². The van der Waals surface area contributed by atoms with Crippen molar-refractivity contribution in [1.82, 2.24) is 9.55 Å². The smallest absolute Gasteiger partial charge is 0.227 e. The molecule has 1 amide bonds. The van der Waals surface area contributed by atoms with E-state index >= 15 is 0 Å². The molecule has 142 valence electrons. The molecule has 1 N–H and O–H groups in total. The summed E-state index contributed by atoms with van der Waals surface area (Å²) in [6, 6.07) is 4.82. The van der Waals surface area contributed by atoms with Crippen molar-refractivity contribution in [3.63, 3.8) is 0 Å². The predicted molar refractivity (Wildman–Crippen MR) is 102 cm³/mol. The minimum atomic E-state index is -0.554. The van der Waals surface area contributed by atoms with Crippen LogP contribution in [0.15, 0.2) is 12.1 Å². The number of nitrogens with one attached hydrogen (secondary N) is 1. The van der Waals surface area contributed by atoms with Gasteiger partial charge in [-0.3, -0.25) is 10.1 Å². The summed E-state index contributed by atoms with van der Waals surface area (Å²) in [7, 11) is 0. The molecule has 1 aromatic carbocycles. The number of aromatic nitrogens is 2. The van der Waals surface area contributed by atoms with Crippen LogP contribution in [-0.4, -0.2) is 15.5 Å². The second-order valence-electron chi connectivity index (χ2n) is 9.01. The largest absolute Gasteiger partial charge is 0.303 e. The molecular formula is C21H25FN4O. The van der Waals surface area contributed by atoms with Gasteiger partial charge in [0.15, 0.2) is 0 Å². The summed E-state index contributed by atoms with van der Waals surface area (Å²) in [6.45, 7) is 6.33. The normalized spacial score (nSPS) is 18.8. The van der Waals surface area contributed by atoms with E-state index in [1.165, 1.54) is 18.9 Å². The van der Waals surface area contributed by atoms with Crippen LogP contribution >= 0.6 is 0 Å². The fraction of sp³-hybridized carbons (Fsp3) is 0.571. The minimum Gasteiger partial charge on any atom is -0.303 e. The molecule has 0 radical (unpaired) electrons. The van der Waals surface area contributed by atoms with Gasteiger partial charge in [-0.15, -0.1) is 0 Å².